The summed E-state index contributed by atoms with van der Waals surface area (Å²) < 4.78 is 19.2. The summed E-state index contributed by atoms with van der Waals surface area (Å²) >= 11 is 6.08. The number of fused-ring (bicyclic) bond motifs is 1. The predicted molar refractivity (Wildman–Crippen MR) is 152 cm³/mol. The van der Waals surface area contributed by atoms with Crippen molar-refractivity contribution in [2.45, 2.75) is 32.1 Å². The molecule has 1 saturated carbocycles. The molecule has 0 aromatic heterocycles. The van der Waals surface area contributed by atoms with Gasteiger partial charge in [-0.05, 0) is 85.5 Å². The Morgan fingerprint density at radius 1 is 1.07 bits per heavy atom. The van der Waals surface area contributed by atoms with Crippen LogP contribution in [-0.4, -0.2) is 31.4 Å². The van der Waals surface area contributed by atoms with Gasteiger partial charge in [-0.1, -0.05) is 35.4 Å². The number of ether oxygens (including phenoxy) is 1. The van der Waals surface area contributed by atoms with Crippen molar-refractivity contribution in [3.8, 4) is 5.75 Å². The first-order valence-corrected chi connectivity index (χ1v) is 13.4. The van der Waals surface area contributed by atoms with Gasteiger partial charge in [0.05, 0.1) is 23.4 Å². The highest BCUT2D eigenvalue weighted by Gasteiger charge is 2.40. The maximum Gasteiger partial charge on any atom is 0.258 e. The standard InChI is InChI=1S/C31H29ClFN3O4/c1-40-27-15-20(6-9-25(27)35-29(38)23-16-22(33)7-8-24(23)32)30(39)36-13-12-31(11-10-19(17-31)14-28(34)37)18-21-4-2-3-5-26(21)36/h2-9,14-16H,10-13,17-18H2,1H3,(H2,34,37)(H,35,38)/t31-/m1/s1. The van der Waals surface area contributed by atoms with Crippen LogP contribution in [0.2, 0.25) is 5.02 Å². The van der Waals surface area contributed by atoms with Gasteiger partial charge in [0, 0.05) is 23.9 Å². The lowest BCUT2D eigenvalue weighted by atomic mass is 9.77. The van der Waals surface area contributed by atoms with Crippen LogP contribution in [0.5, 0.6) is 5.75 Å². The minimum atomic E-state index is -0.602. The highest BCUT2D eigenvalue weighted by molar-refractivity contribution is 6.34. The summed E-state index contributed by atoms with van der Waals surface area (Å²) in [6.07, 6.45) is 5.67. The largest absolute Gasteiger partial charge is 0.495 e. The highest BCUT2D eigenvalue weighted by Crippen LogP contribution is 2.49. The van der Waals surface area contributed by atoms with Crippen molar-refractivity contribution in [3.05, 3.63) is 99.8 Å². The van der Waals surface area contributed by atoms with Crippen LogP contribution in [-0.2, 0) is 11.2 Å². The third-order valence-corrected chi connectivity index (χ3v) is 8.08. The topological polar surface area (TPSA) is 102 Å². The van der Waals surface area contributed by atoms with Crippen LogP contribution in [0.1, 0.15) is 52.0 Å². The van der Waals surface area contributed by atoms with Gasteiger partial charge in [0.25, 0.3) is 11.8 Å². The number of nitrogens with two attached hydrogens (primary N) is 1. The van der Waals surface area contributed by atoms with Gasteiger partial charge in [0.2, 0.25) is 5.91 Å². The van der Waals surface area contributed by atoms with E-state index in [0.29, 0.717) is 17.8 Å². The van der Waals surface area contributed by atoms with Crippen LogP contribution >= 0.6 is 11.6 Å². The van der Waals surface area contributed by atoms with E-state index in [2.05, 4.69) is 11.4 Å². The SMILES string of the molecule is COc1cc(C(=O)N2CC[C@@]3(CCC(=CC(N)=O)C3)Cc3ccccc32)ccc1NC(=O)c1cc(F)ccc1Cl. The number of primary amides is 1. The number of halogens is 2. The summed E-state index contributed by atoms with van der Waals surface area (Å²) in [6, 6.07) is 16.2. The van der Waals surface area contributed by atoms with Gasteiger partial charge in [-0.25, -0.2) is 4.39 Å². The zero-order chi connectivity index (χ0) is 28.4. The van der Waals surface area contributed by atoms with Crippen molar-refractivity contribution in [2.24, 2.45) is 11.1 Å². The Hall–Kier alpha value is -4.17. The minimum Gasteiger partial charge on any atom is -0.495 e. The third-order valence-electron chi connectivity index (χ3n) is 7.75. The molecular formula is C31H29ClFN3O4. The number of benzene rings is 3. The molecule has 2 aliphatic rings. The van der Waals surface area contributed by atoms with Crippen molar-refractivity contribution in [2.75, 3.05) is 23.9 Å². The minimum absolute atomic E-state index is 0.0141. The van der Waals surface area contributed by atoms with E-state index < -0.39 is 17.6 Å². The van der Waals surface area contributed by atoms with Crippen molar-refractivity contribution in [3.63, 3.8) is 0 Å². The molecule has 1 spiro atoms. The second-order valence-electron chi connectivity index (χ2n) is 10.4. The average molecular weight is 562 g/mol. The van der Waals surface area contributed by atoms with Crippen LogP contribution in [0.15, 0.2) is 72.3 Å². The fraction of sp³-hybridized carbons (Fsp3) is 0.258. The average Bonchev–Trinajstić information content (AvgIpc) is 3.23. The third kappa shape index (κ3) is 5.58. The Bertz CT molecular complexity index is 1540. The Morgan fingerprint density at radius 2 is 1.88 bits per heavy atom. The molecule has 0 bridgehead atoms. The molecular weight excluding hydrogens is 533 g/mol. The summed E-state index contributed by atoms with van der Waals surface area (Å²) in [4.78, 5) is 39.9. The van der Waals surface area contributed by atoms with Gasteiger partial charge < -0.3 is 20.7 Å². The number of para-hydroxylation sites is 1. The molecule has 1 aliphatic heterocycles. The number of anilines is 2. The number of methoxy groups -OCH3 is 1. The van der Waals surface area contributed by atoms with E-state index in [9.17, 15) is 18.8 Å². The number of nitrogens with zero attached hydrogens (tertiary/aromatic N) is 1. The molecule has 40 heavy (non-hydrogen) atoms. The zero-order valence-corrected chi connectivity index (χ0v) is 22.8. The van der Waals surface area contributed by atoms with E-state index in [4.69, 9.17) is 22.1 Å². The first-order chi connectivity index (χ1) is 19.2. The van der Waals surface area contributed by atoms with E-state index in [1.807, 2.05) is 18.2 Å². The molecule has 3 N–H and O–H groups in total. The van der Waals surface area contributed by atoms with Crippen LogP contribution in [0.4, 0.5) is 15.8 Å². The number of allylic oxidation sites excluding steroid dienone is 1. The summed E-state index contributed by atoms with van der Waals surface area (Å²) in [5, 5.41) is 2.80. The van der Waals surface area contributed by atoms with Crippen molar-refractivity contribution >= 4 is 40.7 Å². The molecule has 1 atom stereocenters. The molecule has 7 nitrogen and oxygen atoms in total. The van der Waals surface area contributed by atoms with E-state index in [1.165, 1.54) is 19.2 Å². The number of nitrogens with one attached hydrogen (secondary N) is 1. The highest BCUT2D eigenvalue weighted by atomic mass is 35.5. The normalized spacial score (nSPS) is 19.3. The predicted octanol–water partition coefficient (Wildman–Crippen LogP) is 5.92. The molecule has 5 rings (SSSR count). The fourth-order valence-corrected chi connectivity index (χ4v) is 6.02. The second-order valence-corrected chi connectivity index (χ2v) is 10.8. The van der Waals surface area contributed by atoms with Crippen molar-refractivity contribution < 1.29 is 23.5 Å². The first kappa shape index (κ1) is 27.4. The molecule has 3 aromatic carbocycles. The van der Waals surface area contributed by atoms with Crippen LogP contribution in [0.25, 0.3) is 0 Å². The lowest BCUT2D eigenvalue weighted by Gasteiger charge is -2.27. The quantitative estimate of drug-likeness (QED) is 0.378. The number of hydrogen-bond acceptors (Lipinski definition) is 4. The first-order valence-electron chi connectivity index (χ1n) is 13.0. The summed E-state index contributed by atoms with van der Waals surface area (Å²) in [6.45, 7) is 0.512. The zero-order valence-electron chi connectivity index (χ0n) is 22.0. The number of rotatable bonds is 5. The Labute approximate surface area is 236 Å². The lowest BCUT2D eigenvalue weighted by molar-refractivity contribution is -0.113. The second kappa shape index (κ2) is 11.1. The Kier molecular flexibility index (Phi) is 7.63. The molecule has 3 aromatic rings. The molecule has 0 radical (unpaired) electrons. The molecule has 1 heterocycles. The number of carbonyl (C=O) groups excluding carboxylic acids is 3. The molecule has 1 fully saturated rings. The van der Waals surface area contributed by atoms with Gasteiger partial charge in [0.1, 0.15) is 11.6 Å². The van der Waals surface area contributed by atoms with E-state index in [-0.39, 0.29) is 27.7 Å². The van der Waals surface area contributed by atoms with Gasteiger partial charge >= 0.3 is 0 Å². The summed E-state index contributed by atoms with van der Waals surface area (Å²) in [5.41, 5.74) is 9.05. The molecule has 0 saturated heterocycles. The number of amides is 3. The lowest BCUT2D eigenvalue weighted by Crippen LogP contribution is -2.33. The van der Waals surface area contributed by atoms with Crippen LogP contribution < -0.4 is 20.7 Å². The molecule has 206 valence electrons. The van der Waals surface area contributed by atoms with Gasteiger partial charge in [-0.2, -0.15) is 0 Å². The van der Waals surface area contributed by atoms with Crippen molar-refractivity contribution in [1.29, 1.82) is 0 Å². The maximum atomic E-state index is 13.9. The van der Waals surface area contributed by atoms with Crippen LogP contribution in [0.3, 0.4) is 0 Å². The smallest absolute Gasteiger partial charge is 0.258 e. The molecule has 1 aliphatic carbocycles. The molecule has 0 unspecified atom stereocenters. The Balaban J connectivity index is 1.40. The van der Waals surface area contributed by atoms with Gasteiger partial charge in [-0.15, -0.1) is 0 Å². The number of hydrogen-bond donors (Lipinski definition) is 2. The Morgan fingerprint density at radius 3 is 2.65 bits per heavy atom. The molecule has 9 heteroatoms. The van der Waals surface area contributed by atoms with E-state index in [0.717, 1.165) is 55.0 Å². The fourth-order valence-electron chi connectivity index (χ4n) is 5.81. The monoisotopic (exact) mass is 561 g/mol. The van der Waals surface area contributed by atoms with Crippen LogP contribution in [0, 0.1) is 11.2 Å². The van der Waals surface area contributed by atoms with Gasteiger partial charge in [-0.3, -0.25) is 14.4 Å². The van der Waals surface area contributed by atoms with E-state index >= 15 is 0 Å². The number of carbonyl (C=O) groups is 3. The van der Waals surface area contributed by atoms with E-state index in [1.54, 1.807) is 29.2 Å². The summed E-state index contributed by atoms with van der Waals surface area (Å²) in [5.74, 6) is -1.52. The van der Waals surface area contributed by atoms with Crippen molar-refractivity contribution in [1.82, 2.24) is 0 Å². The maximum absolute atomic E-state index is 13.9. The summed E-state index contributed by atoms with van der Waals surface area (Å²) in [7, 11) is 1.44. The molecule has 3 amide bonds. The van der Waals surface area contributed by atoms with Gasteiger partial charge in [0.15, 0.2) is 0 Å².